The average Bonchev–Trinajstić information content (AvgIpc) is 2.62. The highest BCUT2D eigenvalue weighted by atomic mass is 32.2. The van der Waals surface area contributed by atoms with Gasteiger partial charge in [0.1, 0.15) is 18.1 Å². The second-order valence-corrected chi connectivity index (χ2v) is 7.27. The van der Waals surface area contributed by atoms with E-state index in [1.54, 1.807) is 6.26 Å². The van der Waals surface area contributed by atoms with Gasteiger partial charge in [0.05, 0.1) is 18.9 Å². The lowest BCUT2D eigenvalue weighted by Gasteiger charge is -2.23. The standard InChI is InChI=1S/C16H26N4O9S/c1-7(17)13(25)19-9(5-11(21)22)15(27)20-10(6-12(23)24)14(26)18-8(16(28)29)3-4-30-2/h7-10H,3-6,17H2,1-2H3,(H,18,26)(H,19,25)(H,20,27)(H,21,22)(H,23,24)(H,28,29). The number of thioether (sulfide) groups is 1. The minimum Gasteiger partial charge on any atom is -0.481 e. The molecule has 170 valence electrons. The van der Waals surface area contributed by atoms with E-state index in [4.69, 9.17) is 15.9 Å². The van der Waals surface area contributed by atoms with Crippen molar-refractivity contribution in [1.82, 2.24) is 16.0 Å². The van der Waals surface area contributed by atoms with E-state index in [9.17, 15) is 33.9 Å². The van der Waals surface area contributed by atoms with Crippen LogP contribution >= 0.6 is 11.8 Å². The van der Waals surface area contributed by atoms with Gasteiger partial charge >= 0.3 is 17.9 Å². The molecule has 0 aromatic heterocycles. The van der Waals surface area contributed by atoms with Crippen molar-refractivity contribution in [2.45, 2.75) is 50.4 Å². The fourth-order valence-electron chi connectivity index (χ4n) is 2.11. The van der Waals surface area contributed by atoms with E-state index in [1.807, 2.05) is 5.32 Å². The molecule has 8 N–H and O–H groups in total. The average molecular weight is 450 g/mol. The van der Waals surface area contributed by atoms with E-state index in [1.165, 1.54) is 18.7 Å². The summed E-state index contributed by atoms with van der Waals surface area (Å²) in [5.41, 5.74) is 5.36. The van der Waals surface area contributed by atoms with E-state index in [0.29, 0.717) is 5.75 Å². The lowest BCUT2D eigenvalue weighted by molar-refractivity contribution is -0.145. The minimum absolute atomic E-state index is 0.0576. The molecule has 0 fully saturated rings. The second kappa shape index (κ2) is 13.4. The first-order valence-electron chi connectivity index (χ1n) is 8.71. The Balaban J connectivity index is 5.42. The van der Waals surface area contributed by atoms with Gasteiger partial charge in [-0.2, -0.15) is 11.8 Å². The van der Waals surface area contributed by atoms with Crippen molar-refractivity contribution in [2.24, 2.45) is 5.73 Å². The highest BCUT2D eigenvalue weighted by Crippen LogP contribution is 2.04. The molecular weight excluding hydrogens is 424 g/mol. The predicted molar refractivity (Wildman–Crippen MR) is 105 cm³/mol. The molecule has 30 heavy (non-hydrogen) atoms. The number of carbonyl (C=O) groups excluding carboxylic acids is 3. The number of carbonyl (C=O) groups is 6. The van der Waals surface area contributed by atoms with Gasteiger partial charge in [-0.1, -0.05) is 0 Å². The van der Waals surface area contributed by atoms with Crippen molar-refractivity contribution in [3.8, 4) is 0 Å². The molecule has 0 bridgehead atoms. The van der Waals surface area contributed by atoms with Gasteiger partial charge in [-0.25, -0.2) is 4.79 Å². The van der Waals surface area contributed by atoms with Crippen molar-refractivity contribution in [1.29, 1.82) is 0 Å². The van der Waals surface area contributed by atoms with Gasteiger partial charge in [-0.05, 0) is 25.4 Å². The Morgan fingerprint density at radius 2 is 1.20 bits per heavy atom. The lowest BCUT2D eigenvalue weighted by atomic mass is 10.1. The highest BCUT2D eigenvalue weighted by molar-refractivity contribution is 7.98. The molecule has 13 nitrogen and oxygen atoms in total. The lowest BCUT2D eigenvalue weighted by Crippen LogP contribution is -2.57. The third kappa shape index (κ3) is 10.6. The van der Waals surface area contributed by atoms with Gasteiger partial charge in [-0.3, -0.25) is 24.0 Å². The topological polar surface area (TPSA) is 225 Å². The first kappa shape index (κ1) is 27.1. The Morgan fingerprint density at radius 3 is 1.53 bits per heavy atom. The summed E-state index contributed by atoms with van der Waals surface area (Å²) in [6.45, 7) is 1.30. The molecule has 0 aliphatic carbocycles. The van der Waals surface area contributed by atoms with Crippen molar-refractivity contribution >= 4 is 47.4 Å². The highest BCUT2D eigenvalue weighted by Gasteiger charge is 2.32. The van der Waals surface area contributed by atoms with E-state index in [0.717, 1.165) is 0 Å². The second-order valence-electron chi connectivity index (χ2n) is 6.29. The first-order valence-corrected chi connectivity index (χ1v) is 10.1. The van der Waals surface area contributed by atoms with E-state index >= 15 is 0 Å². The van der Waals surface area contributed by atoms with Crippen molar-refractivity contribution in [3.63, 3.8) is 0 Å². The molecule has 0 saturated carbocycles. The van der Waals surface area contributed by atoms with E-state index in [-0.39, 0.29) is 6.42 Å². The zero-order valence-electron chi connectivity index (χ0n) is 16.4. The summed E-state index contributed by atoms with van der Waals surface area (Å²) in [5.74, 6) is -6.90. The van der Waals surface area contributed by atoms with Crippen LogP contribution in [-0.2, 0) is 28.8 Å². The van der Waals surface area contributed by atoms with Gasteiger partial charge in [0.15, 0.2) is 0 Å². The van der Waals surface area contributed by atoms with Crippen LogP contribution in [0.15, 0.2) is 0 Å². The van der Waals surface area contributed by atoms with Crippen LogP contribution in [-0.4, -0.2) is 87.1 Å². The molecule has 0 aromatic rings. The minimum atomic E-state index is -1.70. The Kier molecular flexibility index (Phi) is 12.1. The van der Waals surface area contributed by atoms with Crippen LogP contribution < -0.4 is 21.7 Å². The number of rotatable bonds is 14. The predicted octanol–water partition coefficient (Wildman–Crippen LogP) is -2.42. The SMILES string of the molecule is CSCCC(NC(=O)C(CC(=O)O)NC(=O)C(CC(=O)O)NC(=O)C(C)N)C(=O)O. The van der Waals surface area contributed by atoms with Gasteiger partial charge < -0.3 is 37.0 Å². The third-order valence-corrected chi connectivity index (χ3v) is 4.31. The van der Waals surface area contributed by atoms with Crippen LogP contribution in [0.1, 0.15) is 26.2 Å². The Labute approximate surface area is 176 Å². The third-order valence-electron chi connectivity index (χ3n) is 3.66. The maximum absolute atomic E-state index is 12.4. The Hall–Kier alpha value is -2.87. The molecule has 0 aliphatic rings. The number of aliphatic carboxylic acids is 3. The first-order chi connectivity index (χ1) is 13.9. The van der Waals surface area contributed by atoms with E-state index in [2.05, 4.69) is 10.6 Å². The summed E-state index contributed by atoms with van der Waals surface area (Å²) in [4.78, 5) is 69.8. The summed E-state index contributed by atoms with van der Waals surface area (Å²) in [6.07, 6.45) is 0.0416. The smallest absolute Gasteiger partial charge is 0.326 e. The maximum Gasteiger partial charge on any atom is 0.326 e. The van der Waals surface area contributed by atoms with E-state index < -0.39 is 72.6 Å². The van der Waals surface area contributed by atoms with Crippen LogP contribution in [0.25, 0.3) is 0 Å². The van der Waals surface area contributed by atoms with Crippen molar-refractivity contribution in [2.75, 3.05) is 12.0 Å². The van der Waals surface area contributed by atoms with Crippen molar-refractivity contribution < 1.29 is 44.1 Å². The molecule has 0 spiro atoms. The fourth-order valence-corrected chi connectivity index (χ4v) is 2.58. The Bertz CT molecular complexity index is 671. The van der Waals surface area contributed by atoms with Crippen LogP contribution in [0.5, 0.6) is 0 Å². The van der Waals surface area contributed by atoms with Gasteiger partial charge in [0, 0.05) is 0 Å². The quantitative estimate of drug-likeness (QED) is 0.147. The van der Waals surface area contributed by atoms with Crippen LogP contribution in [0.3, 0.4) is 0 Å². The summed E-state index contributed by atoms with van der Waals surface area (Å²) < 4.78 is 0. The Morgan fingerprint density at radius 1 is 0.800 bits per heavy atom. The molecule has 14 heteroatoms. The number of hydrogen-bond donors (Lipinski definition) is 7. The summed E-state index contributed by atoms with van der Waals surface area (Å²) in [6, 6.07) is -5.70. The summed E-state index contributed by atoms with van der Waals surface area (Å²) in [5, 5.41) is 33.4. The number of carboxylic acid groups (broad SMARTS) is 3. The summed E-state index contributed by atoms with van der Waals surface area (Å²) >= 11 is 1.34. The van der Waals surface area contributed by atoms with Crippen LogP contribution in [0.4, 0.5) is 0 Å². The molecule has 0 saturated heterocycles. The largest absolute Gasteiger partial charge is 0.481 e. The zero-order valence-corrected chi connectivity index (χ0v) is 17.2. The molecule has 0 heterocycles. The zero-order chi connectivity index (χ0) is 23.4. The van der Waals surface area contributed by atoms with Crippen LogP contribution in [0.2, 0.25) is 0 Å². The number of nitrogens with two attached hydrogens (primary N) is 1. The van der Waals surface area contributed by atoms with Gasteiger partial charge in [-0.15, -0.1) is 0 Å². The van der Waals surface area contributed by atoms with Crippen LogP contribution in [0, 0.1) is 0 Å². The summed E-state index contributed by atoms with van der Waals surface area (Å²) in [7, 11) is 0. The molecule has 3 amide bonds. The van der Waals surface area contributed by atoms with Crippen molar-refractivity contribution in [3.05, 3.63) is 0 Å². The molecule has 0 radical (unpaired) electrons. The van der Waals surface area contributed by atoms with Gasteiger partial charge in [0.25, 0.3) is 0 Å². The van der Waals surface area contributed by atoms with Gasteiger partial charge in [0.2, 0.25) is 17.7 Å². The molecule has 0 aromatic carbocycles. The monoisotopic (exact) mass is 450 g/mol. The fraction of sp³-hybridized carbons (Fsp3) is 0.625. The molecule has 0 rings (SSSR count). The molecular formula is C16H26N4O9S. The normalized spacial score (nSPS) is 14.5. The maximum atomic E-state index is 12.4. The number of nitrogens with one attached hydrogen (secondary N) is 3. The number of amides is 3. The number of hydrogen-bond acceptors (Lipinski definition) is 8. The molecule has 0 aliphatic heterocycles. The molecule has 4 unspecified atom stereocenters. The molecule has 4 atom stereocenters. The number of carboxylic acids is 3.